The lowest BCUT2D eigenvalue weighted by molar-refractivity contribution is 0.0937. The minimum Gasteiger partial charge on any atom is -0.491 e. The molecule has 0 amide bonds. The molecule has 0 saturated carbocycles. The highest BCUT2D eigenvalue weighted by Gasteiger charge is 2.21. The van der Waals surface area contributed by atoms with Gasteiger partial charge in [-0.3, -0.25) is 13.9 Å². The number of aliphatic hydroxyl groups excluding tert-OH is 2. The fourth-order valence-corrected chi connectivity index (χ4v) is 3.31. The lowest BCUT2D eigenvalue weighted by Gasteiger charge is -2.16. The number of nitrogens with one attached hydrogen (secondary N) is 1. The third-order valence-electron chi connectivity index (χ3n) is 5.05. The number of aliphatic hydroxyl groups is 2. The second-order valence-electron chi connectivity index (χ2n) is 7.62. The molecule has 2 heterocycles. The Morgan fingerprint density at radius 1 is 1.19 bits per heavy atom. The Balaban J connectivity index is 1.92. The van der Waals surface area contributed by atoms with Crippen LogP contribution in [0.1, 0.15) is 19.4 Å². The third kappa shape index (κ3) is 4.80. The maximum absolute atomic E-state index is 12.8. The molecule has 10 nitrogen and oxygen atoms in total. The first kappa shape index (κ1) is 22.6. The van der Waals surface area contributed by atoms with Gasteiger partial charge < -0.3 is 24.8 Å². The van der Waals surface area contributed by atoms with Crippen molar-refractivity contribution in [2.45, 2.75) is 39.0 Å². The number of hydrogen-bond acceptors (Lipinski definition) is 7. The first-order valence-corrected chi connectivity index (χ1v) is 10.2. The molecule has 0 saturated heterocycles. The molecule has 2 unspecified atom stereocenters. The molecule has 0 bridgehead atoms. The number of aromatic nitrogens is 4. The monoisotopic (exact) mass is 431 g/mol. The Labute approximate surface area is 179 Å². The van der Waals surface area contributed by atoms with Gasteiger partial charge in [0.25, 0.3) is 5.56 Å². The Hall–Kier alpha value is -3.11. The number of imidazole rings is 1. The number of fused-ring (bicyclic) bond motifs is 1. The predicted molar refractivity (Wildman–Crippen MR) is 118 cm³/mol. The molecule has 2 atom stereocenters. The molecule has 3 N–H and O–H groups in total. The van der Waals surface area contributed by atoms with Crippen LogP contribution in [-0.2, 0) is 27.1 Å². The highest BCUT2D eigenvalue weighted by atomic mass is 16.5. The fourth-order valence-electron chi connectivity index (χ4n) is 3.31. The molecular formula is C21H29N5O5. The molecule has 31 heavy (non-hydrogen) atoms. The zero-order chi connectivity index (χ0) is 22.7. The summed E-state index contributed by atoms with van der Waals surface area (Å²) < 4.78 is 9.52. The van der Waals surface area contributed by atoms with Gasteiger partial charge in [-0.1, -0.05) is 19.1 Å². The van der Waals surface area contributed by atoms with Crippen molar-refractivity contribution >= 4 is 17.1 Å². The molecule has 10 heteroatoms. The van der Waals surface area contributed by atoms with Crippen LogP contribution in [0, 0.1) is 0 Å². The van der Waals surface area contributed by atoms with E-state index in [4.69, 9.17) is 4.74 Å². The highest BCUT2D eigenvalue weighted by molar-refractivity contribution is 5.74. The van der Waals surface area contributed by atoms with Gasteiger partial charge >= 0.3 is 5.69 Å². The van der Waals surface area contributed by atoms with Crippen LogP contribution in [0.3, 0.4) is 0 Å². The second kappa shape index (κ2) is 9.36. The van der Waals surface area contributed by atoms with Crippen LogP contribution in [0.4, 0.5) is 5.95 Å². The molecule has 0 radical (unpaired) electrons. The summed E-state index contributed by atoms with van der Waals surface area (Å²) in [6.07, 6.45) is -0.725. The van der Waals surface area contributed by atoms with Crippen molar-refractivity contribution in [1.29, 1.82) is 0 Å². The molecule has 2 aromatic heterocycles. The lowest BCUT2D eigenvalue weighted by Crippen LogP contribution is -2.38. The zero-order valence-corrected chi connectivity index (χ0v) is 18.2. The normalized spacial score (nSPS) is 13.4. The summed E-state index contributed by atoms with van der Waals surface area (Å²) >= 11 is 0. The van der Waals surface area contributed by atoms with E-state index < -0.39 is 23.5 Å². The van der Waals surface area contributed by atoms with Crippen LogP contribution in [-0.4, -0.2) is 54.3 Å². The lowest BCUT2D eigenvalue weighted by atomic mass is 10.2. The van der Waals surface area contributed by atoms with Crippen molar-refractivity contribution < 1.29 is 14.9 Å². The first-order chi connectivity index (χ1) is 14.7. The number of aryl methyl sites for hydroxylation is 2. The molecule has 0 spiro atoms. The summed E-state index contributed by atoms with van der Waals surface area (Å²) in [5.41, 5.74) is 0.500. The number of nitrogens with zero attached hydrogens (tertiary/aromatic N) is 4. The van der Waals surface area contributed by atoms with Gasteiger partial charge in [0, 0.05) is 20.6 Å². The fraction of sp³-hybridized carbons (Fsp3) is 0.476. The quantitative estimate of drug-likeness (QED) is 0.443. The van der Waals surface area contributed by atoms with Gasteiger partial charge in [-0.05, 0) is 31.0 Å². The highest BCUT2D eigenvalue weighted by Crippen LogP contribution is 2.18. The van der Waals surface area contributed by atoms with Crippen molar-refractivity contribution in [3.8, 4) is 5.75 Å². The minimum atomic E-state index is -0.947. The van der Waals surface area contributed by atoms with Crippen molar-refractivity contribution in [2.24, 2.45) is 14.1 Å². The Morgan fingerprint density at radius 2 is 1.94 bits per heavy atom. The van der Waals surface area contributed by atoms with Crippen LogP contribution in [0.2, 0.25) is 0 Å². The van der Waals surface area contributed by atoms with E-state index in [1.165, 1.54) is 23.2 Å². The van der Waals surface area contributed by atoms with Gasteiger partial charge in [0.1, 0.15) is 18.5 Å². The smallest absolute Gasteiger partial charge is 0.332 e. The van der Waals surface area contributed by atoms with Crippen molar-refractivity contribution in [1.82, 2.24) is 18.7 Å². The van der Waals surface area contributed by atoms with E-state index in [0.29, 0.717) is 5.75 Å². The molecule has 0 fully saturated rings. The maximum Gasteiger partial charge on any atom is 0.332 e. The molecule has 3 aromatic rings. The summed E-state index contributed by atoms with van der Waals surface area (Å²) in [4.78, 5) is 29.5. The number of benzene rings is 1. The van der Waals surface area contributed by atoms with Crippen LogP contribution >= 0.6 is 0 Å². The largest absolute Gasteiger partial charge is 0.491 e. The van der Waals surface area contributed by atoms with Gasteiger partial charge in [-0.2, -0.15) is 4.98 Å². The Bertz CT molecular complexity index is 1180. The molecular weight excluding hydrogens is 402 g/mol. The van der Waals surface area contributed by atoms with E-state index in [0.717, 1.165) is 16.6 Å². The number of hydrogen-bond donors (Lipinski definition) is 3. The zero-order valence-electron chi connectivity index (χ0n) is 18.2. The van der Waals surface area contributed by atoms with Crippen LogP contribution in [0.25, 0.3) is 11.2 Å². The van der Waals surface area contributed by atoms with Crippen LogP contribution < -0.4 is 21.3 Å². The van der Waals surface area contributed by atoms with E-state index in [1.807, 2.05) is 31.2 Å². The average molecular weight is 431 g/mol. The summed E-state index contributed by atoms with van der Waals surface area (Å²) in [5, 5.41) is 23.2. The van der Waals surface area contributed by atoms with Gasteiger partial charge in [-0.15, -0.1) is 0 Å². The van der Waals surface area contributed by atoms with Crippen molar-refractivity contribution in [3.05, 3.63) is 50.7 Å². The predicted octanol–water partition coefficient (Wildman–Crippen LogP) is 0.229. The summed E-state index contributed by atoms with van der Waals surface area (Å²) in [5.74, 6) is 0.931. The Morgan fingerprint density at radius 3 is 2.61 bits per heavy atom. The van der Waals surface area contributed by atoms with E-state index in [2.05, 4.69) is 10.3 Å². The summed E-state index contributed by atoms with van der Waals surface area (Å²) in [6, 6.07) is 7.63. The van der Waals surface area contributed by atoms with Gasteiger partial charge in [0.05, 0.1) is 12.6 Å². The number of ether oxygens (including phenoxy) is 1. The van der Waals surface area contributed by atoms with E-state index >= 15 is 0 Å². The molecule has 0 aliphatic heterocycles. The van der Waals surface area contributed by atoms with Gasteiger partial charge in [0.15, 0.2) is 11.2 Å². The number of rotatable bonds is 9. The third-order valence-corrected chi connectivity index (χ3v) is 5.05. The molecule has 3 rings (SSSR count). The standard InChI is InChI=1S/C21H29N5O5/c1-5-14-7-6-8-16(9-14)31-12-15(28)11-26-17-18(23-20(26)22-10-13(2)27)24(3)21(30)25(4)19(17)29/h6-9,13,15,27-28H,5,10-12H2,1-4H3,(H,22,23). The SMILES string of the molecule is CCc1cccc(OCC(O)Cn2c(NCC(C)O)nc3c2c(=O)n(C)c(=O)n3C)c1. The Kier molecular flexibility index (Phi) is 6.81. The second-order valence-corrected chi connectivity index (χ2v) is 7.62. The van der Waals surface area contributed by atoms with Crippen LogP contribution in [0.5, 0.6) is 5.75 Å². The van der Waals surface area contributed by atoms with Gasteiger partial charge in [-0.25, -0.2) is 4.79 Å². The van der Waals surface area contributed by atoms with Crippen LogP contribution in [0.15, 0.2) is 33.9 Å². The molecule has 0 aliphatic carbocycles. The molecule has 168 valence electrons. The topological polar surface area (TPSA) is 124 Å². The van der Waals surface area contributed by atoms with Crippen molar-refractivity contribution in [3.63, 3.8) is 0 Å². The molecule has 1 aromatic carbocycles. The van der Waals surface area contributed by atoms with E-state index in [9.17, 15) is 19.8 Å². The first-order valence-electron chi connectivity index (χ1n) is 10.2. The van der Waals surface area contributed by atoms with E-state index in [-0.39, 0.29) is 36.8 Å². The van der Waals surface area contributed by atoms with Gasteiger partial charge in [0.2, 0.25) is 5.95 Å². The number of anilines is 1. The molecule has 0 aliphatic rings. The van der Waals surface area contributed by atoms with Crippen molar-refractivity contribution in [2.75, 3.05) is 18.5 Å². The maximum atomic E-state index is 12.8. The van der Waals surface area contributed by atoms with E-state index in [1.54, 1.807) is 6.92 Å². The summed E-state index contributed by atoms with van der Waals surface area (Å²) in [7, 11) is 2.92. The summed E-state index contributed by atoms with van der Waals surface area (Å²) in [6.45, 7) is 3.87. The minimum absolute atomic E-state index is 0.00869. The average Bonchev–Trinajstić information content (AvgIpc) is 3.11.